The molecule has 2 amide bonds. The molecular weight excluding hydrogens is 312 g/mol. The molecule has 24 heavy (non-hydrogen) atoms. The molecule has 1 aliphatic heterocycles. The Morgan fingerprint density at radius 1 is 1.17 bits per heavy atom. The van der Waals surface area contributed by atoms with Crippen LogP contribution in [0.1, 0.15) is 65.2 Å². The number of hydrogen-bond donors (Lipinski definition) is 3. The smallest absolute Gasteiger partial charge is 0.326 e. The van der Waals surface area contributed by atoms with Gasteiger partial charge in [0.05, 0.1) is 6.10 Å². The van der Waals surface area contributed by atoms with Gasteiger partial charge in [-0.15, -0.1) is 0 Å². The van der Waals surface area contributed by atoms with Gasteiger partial charge in [-0.05, 0) is 6.42 Å². The van der Waals surface area contributed by atoms with Gasteiger partial charge in [0.25, 0.3) is 0 Å². The van der Waals surface area contributed by atoms with Crippen molar-refractivity contribution in [1.82, 2.24) is 10.2 Å². The van der Waals surface area contributed by atoms with Crippen LogP contribution in [-0.2, 0) is 14.4 Å². The minimum absolute atomic E-state index is 0.114. The third-order valence-electron chi connectivity index (χ3n) is 4.45. The number of nitrogens with zero attached hydrogens (tertiary/aromatic N) is 1. The van der Waals surface area contributed by atoms with Gasteiger partial charge in [0, 0.05) is 19.9 Å². The maximum atomic E-state index is 12.3. The fraction of sp³-hybridized carbons (Fsp3) is 0.824. The van der Waals surface area contributed by atoms with Crippen molar-refractivity contribution in [3.05, 3.63) is 0 Å². The van der Waals surface area contributed by atoms with Crippen molar-refractivity contribution in [2.75, 3.05) is 6.54 Å². The van der Waals surface area contributed by atoms with Crippen LogP contribution in [-0.4, -0.2) is 57.6 Å². The number of aliphatic carboxylic acids is 1. The summed E-state index contributed by atoms with van der Waals surface area (Å²) in [6.45, 7) is 3.59. The topological polar surface area (TPSA) is 107 Å². The zero-order chi connectivity index (χ0) is 18.1. The summed E-state index contributed by atoms with van der Waals surface area (Å²) in [4.78, 5) is 36.5. The number of amides is 2. The van der Waals surface area contributed by atoms with E-state index in [1.807, 2.05) is 0 Å². The lowest BCUT2D eigenvalue weighted by Crippen LogP contribution is -2.50. The number of likely N-dealkylation sites (tertiary alicyclic amines) is 1. The zero-order valence-electron chi connectivity index (χ0n) is 14.7. The molecule has 1 heterocycles. The van der Waals surface area contributed by atoms with Crippen LogP contribution in [0, 0.1) is 0 Å². The van der Waals surface area contributed by atoms with Gasteiger partial charge in [-0.25, -0.2) is 4.79 Å². The van der Waals surface area contributed by atoms with Crippen LogP contribution in [0.2, 0.25) is 0 Å². The molecule has 0 radical (unpaired) electrons. The van der Waals surface area contributed by atoms with E-state index < -0.39 is 30.1 Å². The number of aliphatic hydroxyl groups is 1. The van der Waals surface area contributed by atoms with Crippen LogP contribution in [0.15, 0.2) is 0 Å². The van der Waals surface area contributed by atoms with E-state index >= 15 is 0 Å². The lowest BCUT2D eigenvalue weighted by molar-refractivity contribution is -0.143. The fourth-order valence-electron chi connectivity index (χ4n) is 3.06. The molecule has 1 fully saturated rings. The molecule has 1 rings (SSSR count). The van der Waals surface area contributed by atoms with E-state index in [0.717, 1.165) is 32.1 Å². The average molecular weight is 342 g/mol. The second kappa shape index (κ2) is 10.3. The molecule has 0 spiro atoms. The van der Waals surface area contributed by atoms with Crippen molar-refractivity contribution in [2.45, 2.75) is 83.4 Å². The van der Waals surface area contributed by atoms with Crippen molar-refractivity contribution in [1.29, 1.82) is 0 Å². The Morgan fingerprint density at radius 3 is 2.38 bits per heavy atom. The number of carboxylic acid groups (broad SMARTS) is 1. The minimum Gasteiger partial charge on any atom is -0.480 e. The molecule has 0 saturated carbocycles. The molecule has 3 atom stereocenters. The Labute approximate surface area is 143 Å². The highest BCUT2D eigenvalue weighted by atomic mass is 16.4. The number of carbonyl (C=O) groups is 3. The highest BCUT2D eigenvalue weighted by Gasteiger charge is 2.38. The van der Waals surface area contributed by atoms with Gasteiger partial charge >= 0.3 is 5.97 Å². The van der Waals surface area contributed by atoms with E-state index in [-0.39, 0.29) is 18.9 Å². The van der Waals surface area contributed by atoms with Gasteiger partial charge in [0.1, 0.15) is 12.1 Å². The molecule has 1 saturated heterocycles. The van der Waals surface area contributed by atoms with Gasteiger partial charge < -0.3 is 20.4 Å². The molecule has 0 aromatic carbocycles. The zero-order valence-corrected chi connectivity index (χ0v) is 14.7. The monoisotopic (exact) mass is 342 g/mol. The third kappa shape index (κ3) is 6.47. The largest absolute Gasteiger partial charge is 0.480 e. The van der Waals surface area contributed by atoms with Crippen molar-refractivity contribution in [2.24, 2.45) is 0 Å². The first-order chi connectivity index (χ1) is 11.4. The van der Waals surface area contributed by atoms with Crippen LogP contribution in [0.5, 0.6) is 0 Å². The van der Waals surface area contributed by atoms with Gasteiger partial charge in [-0.1, -0.05) is 45.4 Å². The summed E-state index contributed by atoms with van der Waals surface area (Å²) in [6.07, 6.45) is 6.03. The Hall–Kier alpha value is -1.63. The Balaban J connectivity index is 2.47. The number of rotatable bonds is 10. The van der Waals surface area contributed by atoms with E-state index in [0.29, 0.717) is 6.42 Å². The van der Waals surface area contributed by atoms with Crippen molar-refractivity contribution in [3.8, 4) is 0 Å². The summed E-state index contributed by atoms with van der Waals surface area (Å²) in [6, 6.07) is -1.74. The molecule has 0 aliphatic carbocycles. The predicted molar refractivity (Wildman–Crippen MR) is 89.4 cm³/mol. The highest BCUT2D eigenvalue weighted by Crippen LogP contribution is 2.19. The molecule has 0 aromatic heterocycles. The summed E-state index contributed by atoms with van der Waals surface area (Å²) >= 11 is 0. The summed E-state index contributed by atoms with van der Waals surface area (Å²) in [5, 5.41) is 21.5. The molecule has 3 N–H and O–H groups in total. The second-order valence-electron chi connectivity index (χ2n) is 6.53. The first kappa shape index (κ1) is 20.4. The standard InChI is InChI=1S/C17H30N2O5/c1-3-4-5-6-7-8-9-14(17(23)24)18-16(22)15-10-13(21)11-19(15)12(2)20/h13-15,21H,3-11H2,1-2H3,(H,18,22)(H,23,24)/t13-,14-,15+/m1/s1. The average Bonchev–Trinajstić information content (AvgIpc) is 2.91. The number of aliphatic hydroxyl groups excluding tert-OH is 1. The summed E-state index contributed by atoms with van der Waals surface area (Å²) in [5.74, 6) is -1.86. The number of carboxylic acids is 1. The van der Waals surface area contributed by atoms with Crippen LogP contribution in [0.3, 0.4) is 0 Å². The molecule has 0 unspecified atom stereocenters. The first-order valence-electron chi connectivity index (χ1n) is 8.85. The van der Waals surface area contributed by atoms with Gasteiger partial charge in [0.2, 0.25) is 11.8 Å². The number of β-amino-alcohol motifs (C(OH)–C–C–N with tert-alkyl or cyclic N) is 1. The molecule has 7 heteroatoms. The van der Waals surface area contributed by atoms with Crippen molar-refractivity contribution in [3.63, 3.8) is 0 Å². The maximum Gasteiger partial charge on any atom is 0.326 e. The van der Waals surface area contributed by atoms with Crippen molar-refractivity contribution < 1.29 is 24.6 Å². The summed E-state index contributed by atoms with van der Waals surface area (Å²) in [7, 11) is 0. The highest BCUT2D eigenvalue weighted by molar-refractivity contribution is 5.90. The minimum atomic E-state index is -1.06. The van der Waals surface area contributed by atoms with E-state index in [4.69, 9.17) is 0 Å². The molecule has 7 nitrogen and oxygen atoms in total. The van der Waals surface area contributed by atoms with E-state index in [2.05, 4.69) is 12.2 Å². The Kier molecular flexibility index (Phi) is 8.74. The van der Waals surface area contributed by atoms with Gasteiger partial charge in [-0.3, -0.25) is 9.59 Å². The predicted octanol–water partition coefficient (Wildman–Crippen LogP) is 1.29. The van der Waals surface area contributed by atoms with Gasteiger partial charge in [-0.2, -0.15) is 0 Å². The van der Waals surface area contributed by atoms with Crippen LogP contribution < -0.4 is 5.32 Å². The summed E-state index contributed by atoms with van der Waals surface area (Å²) < 4.78 is 0. The number of carbonyl (C=O) groups excluding carboxylic acids is 2. The van der Waals surface area contributed by atoms with E-state index in [1.165, 1.54) is 18.2 Å². The second-order valence-corrected chi connectivity index (χ2v) is 6.53. The lowest BCUT2D eigenvalue weighted by atomic mass is 10.0. The molecule has 1 aliphatic rings. The SMILES string of the molecule is CCCCCCCC[C@@H](NC(=O)[C@@H]1C[C@@H](O)CN1C(C)=O)C(=O)O. The molecule has 0 aromatic rings. The third-order valence-corrected chi connectivity index (χ3v) is 4.45. The van der Waals surface area contributed by atoms with Crippen LogP contribution >= 0.6 is 0 Å². The number of nitrogens with one attached hydrogen (secondary N) is 1. The van der Waals surface area contributed by atoms with Gasteiger partial charge in [0.15, 0.2) is 0 Å². The molecule has 138 valence electrons. The first-order valence-corrected chi connectivity index (χ1v) is 8.85. The Morgan fingerprint density at radius 2 is 1.79 bits per heavy atom. The number of hydrogen-bond acceptors (Lipinski definition) is 4. The Bertz CT molecular complexity index is 441. The summed E-state index contributed by atoms with van der Waals surface area (Å²) in [5.41, 5.74) is 0. The van der Waals surface area contributed by atoms with Crippen molar-refractivity contribution >= 4 is 17.8 Å². The molecule has 0 bridgehead atoms. The van der Waals surface area contributed by atoms with E-state index in [9.17, 15) is 24.6 Å². The quantitative estimate of drug-likeness (QED) is 0.519. The maximum absolute atomic E-state index is 12.3. The van der Waals surface area contributed by atoms with Crippen LogP contribution in [0.4, 0.5) is 0 Å². The van der Waals surface area contributed by atoms with Crippen LogP contribution in [0.25, 0.3) is 0 Å². The molecular formula is C17H30N2O5. The number of unbranched alkanes of at least 4 members (excludes halogenated alkanes) is 5. The lowest BCUT2D eigenvalue weighted by Gasteiger charge is -2.24. The fourth-order valence-corrected chi connectivity index (χ4v) is 3.06. The normalized spacial score (nSPS) is 21.5. The van der Waals surface area contributed by atoms with E-state index in [1.54, 1.807) is 0 Å².